The number of nitro groups is 2. The Balaban J connectivity index is 2.08. The Bertz CT molecular complexity index is 1010. The third kappa shape index (κ3) is 3.30. The van der Waals surface area contributed by atoms with Crippen molar-refractivity contribution in [2.75, 3.05) is 6.54 Å². The lowest BCUT2D eigenvalue weighted by atomic mass is 10.0. The number of aromatic hydroxyl groups is 1. The summed E-state index contributed by atoms with van der Waals surface area (Å²) in [5.41, 5.74) is 1.21. The zero-order chi connectivity index (χ0) is 20.5. The fraction of sp³-hybridized carbons (Fsp3) is 0.500. The summed E-state index contributed by atoms with van der Waals surface area (Å²) in [5.74, 6) is -0.299. The van der Waals surface area contributed by atoms with Gasteiger partial charge in [0.15, 0.2) is 0 Å². The smallest absolute Gasteiger partial charge is 0.299 e. The number of nitrogens with zero attached hydrogens (tertiary/aromatic N) is 3. The summed E-state index contributed by atoms with van der Waals surface area (Å²) in [7, 11) is 0. The minimum absolute atomic E-state index is 0.0378. The molecule has 3 heterocycles. The van der Waals surface area contributed by atoms with Gasteiger partial charge in [0.05, 0.1) is 32.1 Å². The van der Waals surface area contributed by atoms with Crippen LogP contribution in [0.25, 0.3) is 16.6 Å². The molecule has 2 aliphatic rings. The lowest BCUT2D eigenvalue weighted by molar-refractivity contribution is -0.384. The van der Waals surface area contributed by atoms with Crippen molar-refractivity contribution >= 4 is 22.3 Å². The predicted molar refractivity (Wildman–Crippen MR) is 108 cm³/mol. The molecule has 0 atom stereocenters. The van der Waals surface area contributed by atoms with Gasteiger partial charge in [-0.3, -0.25) is 20.2 Å². The van der Waals surface area contributed by atoms with Crippen LogP contribution >= 0.6 is 0 Å². The van der Waals surface area contributed by atoms with Crippen molar-refractivity contribution in [1.82, 2.24) is 9.88 Å². The number of phenols is 1. The zero-order valence-electron chi connectivity index (χ0n) is 16.1. The van der Waals surface area contributed by atoms with Gasteiger partial charge in [-0.2, -0.15) is 0 Å². The van der Waals surface area contributed by atoms with E-state index < -0.39 is 9.85 Å². The highest BCUT2D eigenvalue weighted by Gasteiger charge is 2.35. The lowest BCUT2D eigenvalue weighted by Gasteiger charge is -2.11. The van der Waals surface area contributed by atoms with E-state index in [0.717, 1.165) is 38.5 Å². The average molecular weight is 400 g/mol. The van der Waals surface area contributed by atoms with Crippen molar-refractivity contribution < 1.29 is 15.0 Å². The van der Waals surface area contributed by atoms with Gasteiger partial charge in [-0.1, -0.05) is 12.8 Å². The fourth-order valence-electron chi connectivity index (χ4n) is 4.63. The molecule has 9 heteroatoms. The molecule has 2 N–H and O–H groups in total. The van der Waals surface area contributed by atoms with E-state index in [1.54, 1.807) is 6.07 Å². The Morgan fingerprint density at radius 2 is 1.79 bits per heavy atom. The molecule has 1 fully saturated rings. The number of aryl methyl sites for hydroxylation is 1. The van der Waals surface area contributed by atoms with Gasteiger partial charge in [0.25, 0.3) is 11.4 Å². The third-order valence-corrected chi connectivity index (χ3v) is 5.91. The SMILES string of the molecule is O=[N+]([O-])C(=C1CCCCCN1)c1c(O)ccc2c1c([N+](=O)[O-])c1n2CCCCC1. The molecule has 0 spiro atoms. The number of rotatable bonds is 3. The molecule has 0 bridgehead atoms. The van der Waals surface area contributed by atoms with E-state index in [4.69, 9.17) is 0 Å². The van der Waals surface area contributed by atoms with E-state index in [0.29, 0.717) is 42.8 Å². The number of benzene rings is 1. The van der Waals surface area contributed by atoms with Gasteiger partial charge in [0.2, 0.25) is 0 Å². The van der Waals surface area contributed by atoms with E-state index in [1.165, 1.54) is 6.07 Å². The van der Waals surface area contributed by atoms with Crippen molar-refractivity contribution in [2.45, 2.75) is 57.9 Å². The summed E-state index contributed by atoms with van der Waals surface area (Å²) >= 11 is 0. The minimum Gasteiger partial charge on any atom is -0.507 e. The maximum Gasteiger partial charge on any atom is 0.299 e. The zero-order valence-corrected chi connectivity index (χ0v) is 16.1. The van der Waals surface area contributed by atoms with Crippen LogP contribution in [0.4, 0.5) is 5.69 Å². The van der Waals surface area contributed by atoms with Crippen molar-refractivity contribution in [1.29, 1.82) is 0 Å². The first-order valence-corrected chi connectivity index (χ1v) is 10.1. The van der Waals surface area contributed by atoms with Crippen LogP contribution in [-0.2, 0) is 13.0 Å². The maximum atomic E-state index is 12.1. The molecule has 2 aromatic rings. The molecule has 0 saturated carbocycles. The van der Waals surface area contributed by atoms with Gasteiger partial charge in [-0.15, -0.1) is 0 Å². The van der Waals surface area contributed by atoms with Crippen LogP contribution < -0.4 is 5.32 Å². The van der Waals surface area contributed by atoms with Gasteiger partial charge in [0, 0.05) is 13.1 Å². The number of aromatic nitrogens is 1. The molecule has 0 aliphatic carbocycles. The summed E-state index contributed by atoms with van der Waals surface area (Å²) in [6.07, 6.45) is 6.41. The van der Waals surface area contributed by atoms with Crippen LogP contribution in [-0.4, -0.2) is 26.1 Å². The van der Waals surface area contributed by atoms with Gasteiger partial charge in [-0.05, 0) is 50.7 Å². The highest BCUT2D eigenvalue weighted by atomic mass is 16.6. The number of hydrogen-bond acceptors (Lipinski definition) is 6. The molecule has 0 amide bonds. The molecule has 154 valence electrons. The first kappa shape index (κ1) is 19.2. The number of phenolic OH excluding ortho intramolecular Hbond substituents is 1. The summed E-state index contributed by atoms with van der Waals surface area (Å²) in [4.78, 5) is 23.2. The molecule has 0 unspecified atom stereocenters. The maximum absolute atomic E-state index is 12.1. The van der Waals surface area contributed by atoms with Crippen LogP contribution in [0.2, 0.25) is 0 Å². The topological polar surface area (TPSA) is 123 Å². The third-order valence-electron chi connectivity index (χ3n) is 5.91. The minimum atomic E-state index is -0.519. The lowest BCUT2D eigenvalue weighted by Crippen LogP contribution is -2.17. The van der Waals surface area contributed by atoms with Crippen LogP contribution in [0.3, 0.4) is 0 Å². The normalized spacial score (nSPS) is 19.0. The summed E-state index contributed by atoms with van der Waals surface area (Å²) in [5, 5.41) is 38.1. The Labute approximate surface area is 167 Å². The molecule has 2 aliphatic heterocycles. The van der Waals surface area contributed by atoms with Crippen molar-refractivity contribution in [3.63, 3.8) is 0 Å². The van der Waals surface area contributed by atoms with Crippen molar-refractivity contribution in [2.24, 2.45) is 0 Å². The van der Waals surface area contributed by atoms with Crippen LogP contribution in [0.5, 0.6) is 5.75 Å². The quantitative estimate of drug-likeness (QED) is 0.591. The second-order valence-corrected chi connectivity index (χ2v) is 7.69. The van der Waals surface area contributed by atoms with E-state index in [1.807, 2.05) is 4.57 Å². The molecule has 29 heavy (non-hydrogen) atoms. The Hall–Kier alpha value is -3.10. The predicted octanol–water partition coefficient (Wildman–Crippen LogP) is 4.09. The molecule has 1 aromatic heterocycles. The fourth-order valence-corrected chi connectivity index (χ4v) is 4.63. The Morgan fingerprint density at radius 3 is 2.55 bits per heavy atom. The first-order valence-electron chi connectivity index (χ1n) is 10.1. The highest BCUT2D eigenvalue weighted by Crippen LogP contribution is 2.44. The van der Waals surface area contributed by atoms with E-state index in [2.05, 4.69) is 5.32 Å². The Kier molecular flexibility index (Phi) is 5.12. The van der Waals surface area contributed by atoms with Gasteiger partial charge in [-0.25, -0.2) is 0 Å². The monoisotopic (exact) mass is 400 g/mol. The second-order valence-electron chi connectivity index (χ2n) is 7.69. The molecule has 1 saturated heterocycles. The number of hydrogen-bond donors (Lipinski definition) is 2. The van der Waals surface area contributed by atoms with Gasteiger partial charge >= 0.3 is 0 Å². The number of allylic oxidation sites excluding steroid dienone is 1. The molecular weight excluding hydrogens is 376 g/mol. The highest BCUT2D eigenvalue weighted by molar-refractivity contribution is 6.02. The standard InChI is InChI=1S/C20H24N4O5/c25-16-10-9-14-17(20(24(28)29)15-8-4-2-6-12-22(14)15)18(16)19(23(26)27)13-7-3-1-5-11-21-13/h9-10,21,25H,1-8,11-12H2. The van der Waals surface area contributed by atoms with Gasteiger partial charge < -0.3 is 15.0 Å². The molecule has 4 rings (SSSR count). The van der Waals surface area contributed by atoms with E-state index >= 15 is 0 Å². The van der Waals surface area contributed by atoms with Crippen LogP contribution in [0, 0.1) is 20.2 Å². The Morgan fingerprint density at radius 1 is 1.03 bits per heavy atom. The van der Waals surface area contributed by atoms with Gasteiger partial charge in [0.1, 0.15) is 11.3 Å². The number of nitrogens with one attached hydrogen (secondary N) is 1. The largest absolute Gasteiger partial charge is 0.507 e. The van der Waals surface area contributed by atoms with E-state index in [-0.39, 0.29) is 28.1 Å². The summed E-state index contributed by atoms with van der Waals surface area (Å²) in [6, 6.07) is 3.05. The van der Waals surface area contributed by atoms with Crippen LogP contribution in [0.15, 0.2) is 17.8 Å². The van der Waals surface area contributed by atoms with Crippen LogP contribution in [0.1, 0.15) is 56.2 Å². The molecular formula is C20H24N4O5. The molecule has 9 nitrogen and oxygen atoms in total. The summed E-state index contributed by atoms with van der Waals surface area (Å²) in [6.45, 7) is 1.24. The second kappa shape index (κ2) is 7.73. The molecule has 1 aromatic carbocycles. The summed E-state index contributed by atoms with van der Waals surface area (Å²) < 4.78 is 1.91. The van der Waals surface area contributed by atoms with Crippen molar-refractivity contribution in [3.05, 3.63) is 49.3 Å². The average Bonchev–Trinajstić information content (AvgIpc) is 2.90. The first-order chi connectivity index (χ1) is 14.0. The number of fused-ring (bicyclic) bond motifs is 3. The van der Waals surface area contributed by atoms with Crippen molar-refractivity contribution in [3.8, 4) is 5.75 Å². The molecule has 0 radical (unpaired) electrons. The van der Waals surface area contributed by atoms with E-state index in [9.17, 15) is 25.3 Å².